The van der Waals surface area contributed by atoms with E-state index in [2.05, 4.69) is 41.1 Å². The Labute approximate surface area is 114 Å². The number of hydrogen-bond acceptors (Lipinski definition) is 2. The van der Waals surface area contributed by atoms with E-state index in [4.69, 9.17) is 11.0 Å². The average Bonchev–Trinajstić information content (AvgIpc) is 2.76. The molecular weight excluding hydrogens is 234 g/mol. The topological polar surface area (TPSA) is 54.7 Å². The van der Waals surface area contributed by atoms with Crippen LogP contribution in [0.2, 0.25) is 0 Å². The summed E-state index contributed by atoms with van der Waals surface area (Å²) >= 11 is 0. The highest BCUT2D eigenvalue weighted by Gasteiger charge is 2.03. The fourth-order valence-electron chi connectivity index (χ4n) is 2.43. The predicted octanol–water partition coefficient (Wildman–Crippen LogP) is 3.22. The van der Waals surface area contributed by atoms with E-state index in [0.717, 1.165) is 25.8 Å². The van der Waals surface area contributed by atoms with Gasteiger partial charge in [-0.15, -0.1) is 0 Å². The molecule has 0 amide bonds. The van der Waals surface area contributed by atoms with Gasteiger partial charge in [-0.05, 0) is 55.3 Å². The minimum atomic E-state index is 0.200. The third kappa shape index (κ3) is 3.59. The van der Waals surface area contributed by atoms with Crippen molar-refractivity contribution in [1.82, 2.24) is 4.57 Å². The van der Waals surface area contributed by atoms with Crippen LogP contribution in [0.5, 0.6) is 0 Å². The fraction of sp³-hybridized carbons (Fsp3) is 0.438. The van der Waals surface area contributed by atoms with Crippen molar-refractivity contribution in [3.63, 3.8) is 0 Å². The molecule has 1 atom stereocenters. The number of aryl methyl sites for hydroxylation is 1. The van der Waals surface area contributed by atoms with Gasteiger partial charge in [-0.25, -0.2) is 0 Å². The SMILES string of the molecule is CC(N)Cc1ccc2c(ccn2CCCCC#N)c1. The number of nitrogens with two attached hydrogens (primary N) is 1. The van der Waals surface area contributed by atoms with Gasteiger partial charge in [0, 0.05) is 30.7 Å². The summed E-state index contributed by atoms with van der Waals surface area (Å²) in [7, 11) is 0. The maximum Gasteiger partial charge on any atom is 0.0621 e. The van der Waals surface area contributed by atoms with E-state index in [9.17, 15) is 0 Å². The van der Waals surface area contributed by atoms with Crippen LogP contribution in [0.3, 0.4) is 0 Å². The Balaban J connectivity index is 2.09. The van der Waals surface area contributed by atoms with Gasteiger partial charge in [0.15, 0.2) is 0 Å². The summed E-state index contributed by atoms with van der Waals surface area (Å²) in [5.74, 6) is 0. The summed E-state index contributed by atoms with van der Waals surface area (Å²) in [6.45, 7) is 3.02. The van der Waals surface area contributed by atoms with Crippen molar-refractivity contribution in [2.45, 2.75) is 45.2 Å². The lowest BCUT2D eigenvalue weighted by Crippen LogP contribution is -2.17. The van der Waals surface area contributed by atoms with E-state index in [1.165, 1.54) is 16.5 Å². The summed E-state index contributed by atoms with van der Waals surface area (Å²) in [5.41, 5.74) is 8.40. The van der Waals surface area contributed by atoms with Crippen LogP contribution >= 0.6 is 0 Å². The van der Waals surface area contributed by atoms with E-state index >= 15 is 0 Å². The monoisotopic (exact) mass is 255 g/mol. The van der Waals surface area contributed by atoms with Gasteiger partial charge in [-0.2, -0.15) is 5.26 Å². The lowest BCUT2D eigenvalue weighted by atomic mass is 10.1. The molecule has 0 saturated heterocycles. The van der Waals surface area contributed by atoms with Gasteiger partial charge in [-0.3, -0.25) is 0 Å². The summed E-state index contributed by atoms with van der Waals surface area (Å²) < 4.78 is 2.27. The zero-order valence-corrected chi connectivity index (χ0v) is 11.5. The van der Waals surface area contributed by atoms with Crippen molar-refractivity contribution in [2.75, 3.05) is 0 Å². The normalized spacial score (nSPS) is 12.5. The van der Waals surface area contributed by atoms with E-state index in [0.29, 0.717) is 6.42 Å². The Hall–Kier alpha value is -1.79. The zero-order chi connectivity index (χ0) is 13.7. The summed E-state index contributed by atoms with van der Waals surface area (Å²) in [6, 6.07) is 11.1. The number of fused-ring (bicyclic) bond motifs is 1. The molecule has 100 valence electrons. The highest BCUT2D eigenvalue weighted by Crippen LogP contribution is 2.19. The molecule has 2 rings (SSSR count). The first-order valence-electron chi connectivity index (χ1n) is 6.91. The Morgan fingerprint density at radius 1 is 1.32 bits per heavy atom. The highest BCUT2D eigenvalue weighted by molar-refractivity contribution is 5.80. The third-order valence-electron chi connectivity index (χ3n) is 3.33. The molecule has 0 aliphatic carbocycles. The number of rotatable bonds is 6. The highest BCUT2D eigenvalue weighted by atomic mass is 14.9. The Morgan fingerprint density at radius 3 is 2.89 bits per heavy atom. The van der Waals surface area contributed by atoms with Crippen molar-refractivity contribution in [1.29, 1.82) is 5.26 Å². The summed E-state index contributed by atoms with van der Waals surface area (Å²) in [4.78, 5) is 0. The molecule has 1 unspecified atom stereocenters. The molecule has 0 aliphatic rings. The predicted molar refractivity (Wildman–Crippen MR) is 78.8 cm³/mol. The fourth-order valence-corrected chi connectivity index (χ4v) is 2.43. The van der Waals surface area contributed by atoms with Crippen LogP contribution in [-0.2, 0) is 13.0 Å². The smallest absolute Gasteiger partial charge is 0.0621 e. The minimum Gasteiger partial charge on any atom is -0.347 e. The molecule has 0 fully saturated rings. The number of unbranched alkanes of at least 4 members (excludes halogenated alkanes) is 2. The number of nitrogens with zero attached hydrogens (tertiary/aromatic N) is 2. The first-order chi connectivity index (χ1) is 9.20. The molecule has 3 heteroatoms. The molecule has 2 N–H and O–H groups in total. The van der Waals surface area contributed by atoms with Crippen molar-refractivity contribution in [3.8, 4) is 6.07 Å². The molecule has 1 aromatic carbocycles. The van der Waals surface area contributed by atoms with Gasteiger partial charge in [0.25, 0.3) is 0 Å². The molecule has 19 heavy (non-hydrogen) atoms. The average molecular weight is 255 g/mol. The Bertz CT molecular complexity index is 575. The van der Waals surface area contributed by atoms with Gasteiger partial charge in [0.2, 0.25) is 0 Å². The van der Waals surface area contributed by atoms with Gasteiger partial charge in [-0.1, -0.05) is 6.07 Å². The van der Waals surface area contributed by atoms with E-state index in [1.54, 1.807) is 0 Å². The van der Waals surface area contributed by atoms with Crippen LogP contribution in [0, 0.1) is 11.3 Å². The lowest BCUT2D eigenvalue weighted by Gasteiger charge is -2.07. The van der Waals surface area contributed by atoms with E-state index in [1.807, 2.05) is 6.92 Å². The molecule has 0 aliphatic heterocycles. The van der Waals surface area contributed by atoms with Crippen LogP contribution in [-0.4, -0.2) is 10.6 Å². The first kappa shape index (κ1) is 13.6. The lowest BCUT2D eigenvalue weighted by molar-refractivity contribution is 0.632. The van der Waals surface area contributed by atoms with Crippen molar-refractivity contribution in [2.24, 2.45) is 5.73 Å². The van der Waals surface area contributed by atoms with Gasteiger partial charge >= 0.3 is 0 Å². The summed E-state index contributed by atoms with van der Waals surface area (Å²) in [6.07, 6.45) is 5.73. The third-order valence-corrected chi connectivity index (χ3v) is 3.33. The molecule has 1 heterocycles. The summed E-state index contributed by atoms with van der Waals surface area (Å²) in [5, 5.41) is 9.81. The Morgan fingerprint density at radius 2 is 2.16 bits per heavy atom. The van der Waals surface area contributed by atoms with Crippen LogP contribution < -0.4 is 5.73 Å². The van der Waals surface area contributed by atoms with E-state index in [-0.39, 0.29) is 6.04 Å². The molecule has 2 aromatic rings. The van der Waals surface area contributed by atoms with E-state index < -0.39 is 0 Å². The van der Waals surface area contributed by atoms with Crippen molar-refractivity contribution >= 4 is 10.9 Å². The second-order valence-corrected chi connectivity index (χ2v) is 5.20. The first-order valence-corrected chi connectivity index (χ1v) is 6.91. The number of hydrogen-bond donors (Lipinski definition) is 1. The molecule has 0 spiro atoms. The molecule has 3 nitrogen and oxygen atoms in total. The molecule has 0 bridgehead atoms. The molecular formula is C16H21N3. The number of nitriles is 1. The molecule has 1 aromatic heterocycles. The molecule has 0 radical (unpaired) electrons. The quantitative estimate of drug-likeness (QED) is 0.806. The number of aromatic nitrogens is 1. The van der Waals surface area contributed by atoms with Crippen LogP contribution in [0.25, 0.3) is 10.9 Å². The van der Waals surface area contributed by atoms with Crippen molar-refractivity contribution in [3.05, 3.63) is 36.0 Å². The standard InChI is InChI=1S/C16H21N3/c1-13(18)11-14-5-6-16-15(12-14)7-10-19(16)9-4-2-3-8-17/h5-7,10,12-13H,2-4,9,11,18H2,1H3. The van der Waals surface area contributed by atoms with Crippen LogP contribution in [0.4, 0.5) is 0 Å². The second-order valence-electron chi connectivity index (χ2n) is 5.20. The van der Waals surface area contributed by atoms with Crippen LogP contribution in [0.1, 0.15) is 31.7 Å². The van der Waals surface area contributed by atoms with Gasteiger partial charge in [0.1, 0.15) is 0 Å². The zero-order valence-electron chi connectivity index (χ0n) is 11.5. The largest absolute Gasteiger partial charge is 0.347 e. The maximum absolute atomic E-state index is 8.53. The van der Waals surface area contributed by atoms with Crippen molar-refractivity contribution < 1.29 is 0 Å². The van der Waals surface area contributed by atoms with Gasteiger partial charge in [0.05, 0.1) is 6.07 Å². The number of benzene rings is 1. The second kappa shape index (κ2) is 6.40. The van der Waals surface area contributed by atoms with Gasteiger partial charge < -0.3 is 10.3 Å². The Kier molecular flexibility index (Phi) is 4.59. The van der Waals surface area contributed by atoms with Crippen LogP contribution in [0.15, 0.2) is 30.5 Å². The minimum absolute atomic E-state index is 0.200. The maximum atomic E-state index is 8.53. The molecule has 0 saturated carbocycles.